The lowest BCUT2D eigenvalue weighted by Crippen LogP contribution is -2.25. The van der Waals surface area contributed by atoms with Gasteiger partial charge in [0.15, 0.2) is 0 Å². The van der Waals surface area contributed by atoms with Gasteiger partial charge in [0.25, 0.3) is 0 Å². The van der Waals surface area contributed by atoms with Gasteiger partial charge in [0.2, 0.25) is 5.91 Å². The van der Waals surface area contributed by atoms with Crippen LogP contribution in [0.3, 0.4) is 0 Å². The highest BCUT2D eigenvalue weighted by Gasteiger charge is 2.27. The molecule has 0 aromatic carbocycles. The summed E-state index contributed by atoms with van der Waals surface area (Å²) < 4.78 is 0. The molecule has 1 fully saturated rings. The lowest BCUT2D eigenvalue weighted by Gasteiger charge is -2.13. The predicted molar refractivity (Wildman–Crippen MR) is 41.0 cm³/mol. The molecule has 1 unspecified atom stereocenters. The van der Waals surface area contributed by atoms with E-state index in [4.69, 9.17) is 0 Å². The van der Waals surface area contributed by atoms with E-state index < -0.39 is 0 Å². The third kappa shape index (κ3) is 1.79. The van der Waals surface area contributed by atoms with Crippen molar-refractivity contribution in [2.75, 3.05) is 13.1 Å². The molecule has 3 heteroatoms. The first-order chi connectivity index (χ1) is 5.27. The van der Waals surface area contributed by atoms with Gasteiger partial charge in [0.1, 0.15) is 6.29 Å². The molecule has 0 saturated carbocycles. The standard InChI is InChI=1S/C8H13NO2/c1-2-3-9-5-7(6-10)4-8(9)11/h6-7H,2-5H2,1H3. The lowest BCUT2D eigenvalue weighted by atomic mass is 10.1. The number of carbonyl (C=O) groups is 2. The zero-order valence-corrected chi connectivity index (χ0v) is 6.75. The first-order valence-electron chi connectivity index (χ1n) is 4.01. The topological polar surface area (TPSA) is 37.4 Å². The maximum Gasteiger partial charge on any atom is 0.223 e. The number of hydrogen-bond donors (Lipinski definition) is 0. The summed E-state index contributed by atoms with van der Waals surface area (Å²) in [5.41, 5.74) is 0. The van der Waals surface area contributed by atoms with Crippen LogP contribution in [-0.2, 0) is 9.59 Å². The van der Waals surface area contributed by atoms with Gasteiger partial charge in [-0.05, 0) is 6.42 Å². The van der Waals surface area contributed by atoms with Crippen molar-refractivity contribution in [3.05, 3.63) is 0 Å². The molecule has 1 aliphatic heterocycles. The van der Waals surface area contributed by atoms with E-state index in [0.29, 0.717) is 13.0 Å². The normalized spacial score (nSPS) is 24.3. The van der Waals surface area contributed by atoms with Gasteiger partial charge in [0.05, 0.1) is 0 Å². The average molecular weight is 155 g/mol. The Morgan fingerprint density at radius 3 is 2.91 bits per heavy atom. The average Bonchev–Trinajstić information content (AvgIpc) is 2.33. The van der Waals surface area contributed by atoms with Crippen LogP contribution in [-0.4, -0.2) is 30.2 Å². The van der Waals surface area contributed by atoms with Crippen LogP contribution < -0.4 is 0 Å². The fraction of sp³-hybridized carbons (Fsp3) is 0.750. The van der Waals surface area contributed by atoms with Crippen LogP contribution in [0.5, 0.6) is 0 Å². The van der Waals surface area contributed by atoms with E-state index in [9.17, 15) is 9.59 Å². The van der Waals surface area contributed by atoms with Gasteiger partial charge in [-0.3, -0.25) is 4.79 Å². The van der Waals surface area contributed by atoms with Crippen LogP contribution >= 0.6 is 0 Å². The van der Waals surface area contributed by atoms with Crippen molar-refractivity contribution in [3.8, 4) is 0 Å². The summed E-state index contributed by atoms with van der Waals surface area (Å²) in [5, 5.41) is 0. The van der Waals surface area contributed by atoms with E-state index in [1.165, 1.54) is 0 Å². The Labute approximate surface area is 66.4 Å². The minimum absolute atomic E-state index is 0.0472. The van der Waals surface area contributed by atoms with E-state index in [1.807, 2.05) is 6.92 Å². The third-order valence-electron chi connectivity index (χ3n) is 1.93. The molecule has 62 valence electrons. The predicted octanol–water partition coefficient (Wildman–Crippen LogP) is 0.444. The second kappa shape index (κ2) is 3.51. The van der Waals surface area contributed by atoms with Gasteiger partial charge in [0, 0.05) is 25.4 Å². The molecule has 3 nitrogen and oxygen atoms in total. The molecule has 1 rings (SSSR count). The Kier molecular flexibility index (Phi) is 2.63. The first kappa shape index (κ1) is 8.24. The molecule has 11 heavy (non-hydrogen) atoms. The summed E-state index contributed by atoms with van der Waals surface area (Å²) in [6.07, 6.45) is 2.27. The Morgan fingerprint density at radius 1 is 1.73 bits per heavy atom. The van der Waals surface area contributed by atoms with Crippen molar-refractivity contribution >= 4 is 12.2 Å². The minimum atomic E-state index is -0.0472. The Morgan fingerprint density at radius 2 is 2.45 bits per heavy atom. The zero-order valence-electron chi connectivity index (χ0n) is 6.75. The summed E-state index contributed by atoms with van der Waals surface area (Å²) in [4.78, 5) is 23.2. The number of likely N-dealkylation sites (tertiary alicyclic amines) is 1. The monoisotopic (exact) mass is 155 g/mol. The second-order valence-corrected chi connectivity index (χ2v) is 2.94. The Bertz CT molecular complexity index is 167. The van der Waals surface area contributed by atoms with Crippen LogP contribution in [0.1, 0.15) is 19.8 Å². The van der Waals surface area contributed by atoms with Crippen molar-refractivity contribution in [1.82, 2.24) is 4.90 Å². The van der Waals surface area contributed by atoms with Gasteiger partial charge in [-0.1, -0.05) is 6.92 Å². The van der Waals surface area contributed by atoms with Crippen LogP contribution in [0, 0.1) is 5.92 Å². The van der Waals surface area contributed by atoms with Crippen molar-refractivity contribution in [3.63, 3.8) is 0 Å². The molecule has 0 bridgehead atoms. The number of carbonyl (C=O) groups excluding carboxylic acids is 2. The molecule has 1 aliphatic rings. The van der Waals surface area contributed by atoms with E-state index in [1.54, 1.807) is 4.90 Å². The van der Waals surface area contributed by atoms with Crippen molar-refractivity contribution in [2.45, 2.75) is 19.8 Å². The fourth-order valence-electron chi connectivity index (χ4n) is 1.38. The molecule has 1 amide bonds. The first-order valence-corrected chi connectivity index (χ1v) is 4.01. The Balaban J connectivity index is 2.44. The van der Waals surface area contributed by atoms with Crippen molar-refractivity contribution in [1.29, 1.82) is 0 Å². The van der Waals surface area contributed by atoms with E-state index >= 15 is 0 Å². The lowest BCUT2D eigenvalue weighted by molar-refractivity contribution is -0.128. The van der Waals surface area contributed by atoms with Crippen molar-refractivity contribution in [2.24, 2.45) is 5.92 Å². The van der Waals surface area contributed by atoms with E-state index in [2.05, 4.69) is 0 Å². The third-order valence-corrected chi connectivity index (χ3v) is 1.93. The van der Waals surface area contributed by atoms with Gasteiger partial charge in [-0.2, -0.15) is 0 Å². The summed E-state index contributed by atoms with van der Waals surface area (Å²) in [6, 6.07) is 0. The maximum absolute atomic E-state index is 11.1. The number of amides is 1. The zero-order chi connectivity index (χ0) is 8.27. The van der Waals surface area contributed by atoms with Gasteiger partial charge in [-0.15, -0.1) is 0 Å². The smallest absolute Gasteiger partial charge is 0.223 e. The fourth-order valence-corrected chi connectivity index (χ4v) is 1.38. The molecule has 0 spiro atoms. The van der Waals surface area contributed by atoms with Crippen LogP contribution in [0.4, 0.5) is 0 Å². The summed E-state index contributed by atoms with van der Waals surface area (Å²) in [6.45, 7) is 3.46. The molecule has 1 atom stereocenters. The highest BCUT2D eigenvalue weighted by Crippen LogP contribution is 2.15. The van der Waals surface area contributed by atoms with E-state index in [0.717, 1.165) is 19.3 Å². The van der Waals surface area contributed by atoms with E-state index in [-0.39, 0.29) is 11.8 Å². The number of aldehydes is 1. The molecule has 0 aliphatic carbocycles. The molecule has 1 saturated heterocycles. The largest absolute Gasteiger partial charge is 0.342 e. The summed E-state index contributed by atoms with van der Waals surface area (Å²) >= 11 is 0. The highest BCUT2D eigenvalue weighted by atomic mass is 16.2. The van der Waals surface area contributed by atoms with Crippen molar-refractivity contribution < 1.29 is 9.59 Å². The maximum atomic E-state index is 11.1. The SMILES string of the molecule is CCCN1CC(C=O)CC1=O. The number of rotatable bonds is 3. The Hall–Kier alpha value is -0.860. The molecular formula is C8H13NO2. The molecular weight excluding hydrogens is 142 g/mol. The highest BCUT2D eigenvalue weighted by molar-refractivity contribution is 5.82. The molecule has 0 N–H and O–H groups in total. The number of hydrogen-bond acceptors (Lipinski definition) is 2. The molecule has 0 aromatic heterocycles. The summed E-state index contributed by atoms with van der Waals surface area (Å²) in [7, 11) is 0. The van der Waals surface area contributed by atoms with Crippen LogP contribution in [0.15, 0.2) is 0 Å². The molecule has 1 heterocycles. The van der Waals surface area contributed by atoms with Gasteiger partial charge in [-0.25, -0.2) is 0 Å². The van der Waals surface area contributed by atoms with Gasteiger partial charge >= 0.3 is 0 Å². The second-order valence-electron chi connectivity index (χ2n) is 2.94. The number of nitrogens with zero attached hydrogens (tertiary/aromatic N) is 1. The molecule has 0 aromatic rings. The van der Waals surface area contributed by atoms with Gasteiger partial charge < -0.3 is 9.69 Å². The minimum Gasteiger partial charge on any atom is -0.342 e. The van der Waals surface area contributed by atoms with Crippen LogP contribution in [0.2, 0.25) is 0 Å². The quantitative estimate of drug-likeness (QED) is 0.555. The molecule has 0 radical (unpaired) electrons. The van der Waals surface area contributed by atoms with Crippen LogP contribution in [0.25, 0.3) is 0 Å². The summed E-state index contributed by atoms with van der Waals surface area (Å²) in [5.74, 6) is 0.0815.